The summed E-state index contributed by atoms with van der Waals surface area (Å²) in [5, 5.41) is 5.59. The minimum Gasteiger partial charge on any atom is -0.423 e. The van der Waals surface area contributed by atoms with Crippen LogP contribution in [0.5, 0.6) is 5.75 Å². The largest absolute Gasteiger partial charge is 0.423 e. The summed E-state index contributed by atoms with van der Waals surface area (Å²) in [6.07, 6.45) is 2.94. The average Bonchev–Trinajstić information content (AvgIpc) is 3.08. The van der Waals surface area contributed by atoms with E-state index in [4.69, 9.17) is 4.74 Å². The zero-order valence-corrected chi connectivity index (χ0v) is 14.8. The third kappa shape index (κ3) is 4.87. The van der Waals surface area contributed by atoms with Crippen molar-refractivity contribution >= 4 is 35.0 Å². The van der Waals surface area contributed by atoms with Crippen molar-refractivity contribution < 1.29 is 14.3 Å². The Labute approximate surface area is 155 Å². The van der Waals surface area contributed by atoms with Gasteiger partial charge in [-0.3, -0.25) is 4.79 Å². The molecule has 2 aromatic carbocycles. The molecule has 0 saturated carbocycles. The number of thiazole rings is 1. The van der Waals surface area contributed by atoms with Crippen molar-refractivity contribution in [3.8, 4) is 5.75 Å². The van der Waals surface area contributed by atoms with Crippen molar-refractivity contribution in [3.63, 3.8) is 0 Å². The van der Waals surface area contributed by atoms with Gasteiger partial charge in [-0.05, 0) is 49.4 Å². The average molecular weight is 364 g/mol. The maximum absolute atomic E-state index is 12.1. The molecule has 130 valence electrons. The van der Waals surface area contributed by atoms with E-state index in [1.165, 1.54) is 17.4 Å². The molecule has 0 spiro atoms. The number of nitrogens with zero attached hydrogens (tertiary/aromatic N) is 1. The van der Waals surface area contributed by atoms with Gasteiger partial charge < -0.3 is 10.1 Å². The van der Waals surface area contributed by atoms with Crippen molar-refractivity contribution in [3.05, 3.63) is 82.3 Å². The van der Waals surface area contributed by atoms with Crippen molar-refractivity contribution in [1.29, 1.82) is 0 Å². The predicted octanol–water partition coefficient (Wildman–Crippen LogP) is 4.32. The highest BCUT2D eigenvalue weighted by Crippen LogP contribution is 2.17. The monoisotopic (exact) mass is 364 g/mol. The normalized spacial score (nSPS) is 10.7. The smallest absolute Gasteiger partial charge is 0.336 e. The van der Waals surface area contributed by atoms with Gasteiger partial charge in [0.05, 0.1) is 10.7 Å². The van der Waals surface area contributed by atoms with Crippen LogP contribution in [0.1, 0.15) is 21.1 Å². The van der Waals surface area contributed by atoms with Crippen LogP contribution in [0.4, 0.5) is 5.69 Å². The quantitative estimate of drug-likeness (QED) is 0.416. The van der Waals surface area contributed by atoms with Gasteiger partial charge in [0.25, 0.3) is 5.91 Å². The van der Waals surface area contributed by atoms with E-state index in [0.29, 0.717) is 17.0 Å². The number of carbonyl (C=O) groups is 2. The maximum atomic E-state index is 12.1. The standard InChI is InChI=1S/C20H16N2O3S/c1-14-21-17(13-26-14)9-12-19(23)25-18-10-7-16(8-11-18)22-20(24)15-5-3-2-4-6-15/h2-13H,1H3,(H,22,24)/b12-9+. The molecule has 0 atom stereocenters. The van der Waals surface area contributed by atoms with Crippen molar-refractivity contribution in [2.45, 2.75) is 6.92 Å². The lowest BCUT2D eigenvalue weighted by Crippen LogP contribution is -2.11. The summed E-state index contributed by atoms with van der Waals surface area (Å²) in [6.45, 7) is 1.90. The highest BCUT2D eigenvalue weighted by Gasteiger charge is 2.06. The summed E-state index contributed by atoms with van der Waals surface area (Å²) in [4.78, 5) is 28.2. The Kier molecular flexibility index (Phi) is 5.56. The molecule has 0 bridgehead atoms. The van der Waals surface area contributed by atoms with E-state index >= 15 is 0 Å². The lowest BCUT2D eigenvalue weighted by molar-refractivity contribution is -0.128. The van der Waals surface area contributed by atoms with Gasteiger partial charge in [0.2, 0.25) is 0 Å². The molecule has 3 aromatic rings. The number of ether oxygens (including phenoxy) is 1. The van der Waals surface area contributed by atoms with Crippen LogP contribution < -0.4 is 10.1 Å². The number of hydrogen-bond acceptors (Lipinski definition) is 5. The van der Waals surface area contributed by atoms with Crippen molar-refractivity contribution in [2.24, 2.45) is 0 Å². The molecule has 0 fully saturated rings. The van der Waals surface area contributed by atoms with E-state index in [0.717, 1.165) is 10.7 Å². The fourth-order valence-corrected chi connectivity index (χ4v) is 2.74. The number of esters is 1. The molecule has 0 saturated heterocycles. The molecule has 1 heterocycles. The SMILES string of the molecule is Cc1nc(/C=C/C(=O)Oc2ccc(NC(=O)c3ccccc3)cc2)cs1. The molecule has 5 nitrogen and oxygen atoms in total. The maximum Gasteiger partial charge on any atom is 0.336 e. The van der Waals surface area contributed by atoms with Crippen LogP contribution in [-0.2, 0) is 4.79 Å². The van der Waals surface area contributed by atoms with Crippen LogP contribution in [-0.4, -0.2) is 16.9 Å². The first-order valence-corrected chi connectivity index (χ1v) is 8.76. The molecule has 0 aliphatic carbocycles. The Morgan fingerprint density at radius 3 is 2.46 bits per heavy atom. The number of aryl methyl sites for hydroxylation is 1. The second kappa shape index (κ2) is 8.22. The highest BCUT2D eigenvalue weighted by atomic mass is 32.1. The first kappa shape index (κ1) is 17.6. The fourth-order valence-electron chi connectivity index (χ4n) is 2.16. The van der Waals surface area contributed by atoms with E-state index in [1.54, 1.807) is 54.6 Å². The number of hydrogen-bond donors (Lipinski definition) is 1. The summed E-state index contributed by atoms with van der Waals surface area (Å²) >= 11 is 1.52. The Morgan fingerprint density at radius 1 is 1.08 bits per heavy atom. The van der Waals surface area contributed by atoms with Crippen molar-refractivity contribution in [1.82, 2.24) is 4.98 Å². The second-order valence-electron chi connectivity index (χ2n) is 5.39. The lowest BCUT2D eigenvalue weighted by atomic mass is 10.2. The van der Waals surface area contributed by atoms with Gasteiger partial charge in [0.1, 0.15) is 5.75 Å². The molecule has 0 radical (unpaired) electrons. The molecule has 1 amide bonds. The summed E-state index contributed by atoms with van der Waals surface area (Å²) in [5.41, 5.74) is 1.92. The summed E-state index contributed by atoms with van der Waals surface area (Å²) < 4.78 is 5.22. The molecule has 3 rings (SSSR count). The van der Waals surface area contributed by atoms with E-state index in [-0.39, 0.29) is 5.91 Å². The first-order valence-electron chi connectivity index (χ1n) is 7.88. The first-order chi connectivity index (χ1) is 12.6. The van der Waals surface area contributed by atoms with E-state index in [1.807, 2.05) is 18.4 Å². The van der Waals surface area contributed by atoms with Gasteiger partial charge in [0, 0.05) is 22.7 Å². The van der Waals surface area contributed by atoms with Crippen LogP contribution in [0.2, 0.25) is 0 Å². The van der Waals surface area contributed by atoms with E-state index in [2.05, 4.69) is 10.3 Å². The molecule has 0 aliphatic rings. The molecule has 1 aromatic heterocycles. The van der Waals surface area contributed by atoms with Crippen LogP contribution in [0.15, 0.2) is 66.1 Å². The molecule has 0 unspecified atom stereocenters. The van der Waals surface area contributed by atoms with Gasteiger partial charge >= 0.3 is 5.97 Å². The third-order valence-corrected chi connectivity index (χ3v) is 4.19. The summed E-state index contributed by atoms with van der Waals surface area (Å²) in [6, 6.07) is 15.5. The highest BCUT2D eigenvalue weighted by molar-refractivity contribution is 7.09. The van der Waals surface area contributed by atoms with Gasteiger partial charge in [0.15, 0.2) is 0 Å². The predicted molar refractivity (Wildman–Crippen MR) is 102 cm³/mol. The van der Waals surface area contributed by atoms with Gasteiger partial charge in [-0.15, -0.1) is 11.3 Å². The fraction of sp³-hybridized carbons (Fsp3) is 0.0500. The Morgan fingerprint density at radius 2 is 1.81 bits per heavy atom. The van der Waals surface area contributed by atoms with E-state index < -0.39 is 5.97 Å². The molecule has 26 heavy (non-hydrogen) atoms. The van der Waals surface area contributed by atoms with Gasteiger partial charge in [-0.1, -0.05) is 18.2 Å². The minimum atomic E-state index is -0.489. The number of aromatic nitrogens is 1. The Balaban J connectivity index is 1.56. The molecule has 1 N–H and O–H groups in total. The molecule has 6 heteroatoms. The van der Waals surface area contributed by atoms with Crippen LogP contribution in [0.25, 0.3) is 6.08 Å². The minimum absolute atomic E-state index is 0.197. The van der Waals surface area contributed by atoms with Gasteiger partial charge in [-0.25, -0.2) is 9.78 Å². The second-order valence-corrected chi connectivity index (χ2v) is 6.45. The topological polar surface area (TPSA) is 68.3 Å². The summed E-state index contributed by atoms with van der Waals surface area (Å²) in [5.74, 6) is -0.291. The van der Waals surface area contributed by atoms with Crippen molar-refractivity contribution in [2.75, 3.05) is 5.32 Å². The number of amides is 1. The third-order valence-electron chi connectivity index (χ3n) is 3.39. The molecular weight excluding hydrogens is 348 g/mol. The number of anilines is 1. The van der Waals surface area contributed by atoms with E-state index in [9.17, 15) is 9.59 Å². The number of carbonyl (C=O) groups excluding carboxylic acids is 2. The Hall–Kier alpha value is -3.25. The molecular formula is C20H16N2O3S. The van der Waals surface area contributed by atoms with Gasteiger partial charge in [-0.2, -0.15) is 0 Å². The zero-order valence-electron chi connectivity index (χ0n) is 14.0. The molecule has 0 aliphatic heterocycles. The van der Waals surface area contributed by atoms with Crippen LogP contribution >= 0.6 is 11.3 Å². The van der Waals surface area contributed by atoms with Crippen LogP contribution in [0, 0.1) is 6.92 Å². The van der Waals surface area contributed by atoms with Crippen LogP contribution in [0.3, 0.4) is 0 Å². The number of benzene rings is 2. The lowest BCUT2D eigenvalue weighted by Gasteiger charge is -2.06. The Bertz CT molecular complexity index is 931. The zero-order chi connectivity index (χ0) is 18.4. The number of rotatable bonds is 5. The number of nitrogens with one attached hydrogen (secondary N) is 1. The summed E-state index contributed by atoms with van der Waals surface area (Å²) in [7, 11) is 0.